The van der Waals surface area contributed by atoms with Crippen molar-refractivity contribution in [1.29, 1.82) is 0 Å². The fourth-order valence-electron chi connectivity index (χ4n) is 4.80. The molecule has 5 rings (SSSR count). The smallest absolute Gasteiger partial charge is 0.256 e. The van der Waals surface area contributed by atoms with Crippen molar-refractivity contribution in [3.8, 4) is 5.75 Å². The van der Waals surface area contributed by atoms with Gasteiger partial charge in [-0.05, 0) is 36.3 Å². The molecule has 0 saturated heterocycles. The van der Waals surface area contributed by atoms with Crippen molar-refractivity contribution in [2.45, 2.75) is 19.7 Å². The number of aromatic nitrogens is 2. The lowest BCUT2D eigenvalue weighted by molar-refractivity contribution is -0.114. The molecule has 42 heavy (non-hydrogen) atoms. The molecule has 0 radical (unpaired) electrons. The summed E-state index contributed by atoms with van der Waals surface area (Å²) in [6.45, 7) is 7.09. The van der Waals surface area contributed by atoms with Gasteiger partial charge >= 0.3 is 0 Å². The zero-order valence-electron chi connectivity index (χ0n) is 23.2. The minimum Gasteiger partial charge on any atom is -0.486 e. The first-order valence-electron chi connectivity index (χ1n) is 13.5. The first-order chi connectivity index (χ1) is 20.3. The van der Waals surface area contributed by atoms with Crippen molar-refractivity contribution in [3.05, 3.63) is 125 Å². The molecule has 3 heterocycles. The summed E-state index contributed by atoms with van der Waals surface area (Å²) in [6.07, 6.45) is 7.60. The molecule has 2 amide bonds. The number of carbonyl (C=O) groups excluding carboxylic acids is 2. The van der Waals surface area contributed by atoms with Crippen LogP contribution in [0.15, 0.2) is 109 Å². The van der Waals surface area contributed by atoms with Crippen LogP contribution in [0.1, 0.15) is 34.6 Å². The Labute approximate surface area is 244 Å². The van der Waals surface area contributed by atoms with Crippen molar-refractivity contribution in [3.63, 3.8) is 0 Å². The van der Waals surface area contributed by atoms with E-state index in [1.54, 1.807) is 48.7 Å². The predicted octanol–water partition coefficient (Wildman–Crippen LogP) is 3.86. The summed E-state index contributed by atoms with van der Waals surface area (Å²) < 4.78 is 6.06. The van der Waals surface area contributed by atoms with E-state index in [9.17, 15) is 14.7 Å². The van der Waals surface area contributed by atoms with Crippen molar-refractivity contribution >= 4 is 23.6 Å². The van der Waals surface area contributed by atoms with E-state index in [-0.39, 0.29) is 19.1 Å². The number of rotatable bonds is 9. The molecule has 0 unspecified atom stereocenters. The lowest BCUT2D eigenvalue weighted by atomic mass is 10.1. The second-order valence-corrected chi connectivity index (χ2v) is 9.82. The zero-order valence-corrected chi connectivity index (χ0v) is 23.2. The number of nitrogens with zero attached hydrogens (tertiary/aromatic N) is 4. The van der Waals surface area contributed by atoms with E-state index in [0.29, 0.717) is 52.9 Å². The maximum absolute atomic E-state index is 12.8. The zero-order chi connectivity index (χ0) is 29.6. The predicted molar refractivity (Wildman–Crippen MR) is 160 cm³/mol. The molecule has 4 N–H and O–H groups in total. The van der Waals surface area contributed by atoms with E-state index in [2.05, 4.69) is 16.9 Å². The first-order valence-corrected chi connectivity index (χ1v) is 13.5. The second-order valence-electron chi connectivity index (χ2n) is 9.82. The molecular formula is C32H32N6O4. The Morgan fingerprint density at radius 1 is 1.19 bits per heavy atom. The van der Waals surface area contributed by atoms with Crippen LogP contribution in [0, 0.1) is 0 Å². The highest BCUT2D eigenvalue weighted by atomic mass is 16.5. The van der Waals surface area contributed by atoms with Crippen molar-refractivity contribution in [1.82, 2.24) is 14.9 Å². The number of hydrogen-bond donors (Lipinski definition) is 3. The number of primary amides is 1. The molecule has 1 atom stereocenters. The SMILES string of the molecule is C=C1/C=C(/C)N(c2ncc(OCCN3C(=O)c4ccccc4[C@H]3O)c(NCc3ccccc3)n2)C/C=C\C=C/1C(N)=O. The molecule has 0 spiro atoms. The number of anilines is 2. The molecule has 0 fully saturated rings. The van der Waals surface area contributed by atoms with Gasteiger partial charge in [0.25, 0.3) is 5.91 Å². The van der Waals surface area contributed by atoms with Crippen molar-refractivity contribution in [2.24, 2.45) is 5.73 Å². The lowest BCUT2D eigenvalue weighted by Gasteiger charge is -2.24. The Bertz CT molecular complexity index is 1600. The number of allylic oxidation sites excluding steroid dienone is 4. The third kappa shape index (κ3) is 6.08. The van der Waals surface area contributed by atoms with E-state index < -0.39 is 12.1 Å². The van der Waals surface area contributed by atoms with Gasteiger partial charge in [-0.1, -0.05) is 67.3 Å². The van der Waals surface area contributed by atoms with Gasteiger partial charge in [-0.15, -0.1) is 0 Å². The number of aliphatic hydroxyl groups excluding tert-OH is 1. The van der Waals surface area contributed by atoms with E-state index in [1.807, 2.05) is 48.2 Å². The normalized spacial score (nSPS) is 19.9. The van der Waals surface area contributed by atoms with Crippen LogP contribution in [-0.2, 0) is 11.3 Å². The molecule has 2 aromatic carbocycles. The van der Waals surface area contributed by atoms with E-state index in [1.165, 1.54) is 4.90 Å². The molecule has 1 aromatic heterocycles. The highest BCUT2D eigenvalue weighted by Gasteiger charge is 2.34. The number of benzene rings is 2. The average Bonchev–Trinajstić information content (AvgIpc) is 3.26. The van der Waals surface area contributed by atoms with Crippen LogP contribution in [0.2, 0.25) is 0 Å². The van der Waals surface area contributed by atoms with Gasteiger partial charge in [-0.3, -0.25) is 9.59 Å². The fourth-order valence-corrected chi connectivity index (χ4v) is 4.80. The molecule has 0 bridgehead atoms. The Kier molecular flexibility index (Phi) is 8.44. The van der Waals surface area contributed by atoms with Gasteiger partial charge in [0, 0.05) is 35.5 Å². The van der Waals surface area contributed by atoms with Gasteiger partial charge in [0.2, 0.25) is 11.9 Å². The molecule has 3 aromatic rings. The monoisotopic (exact) mass is 564 g/mol. The van der Waals surface area contributed by atoms with Crippen LogP contribution < -0.4 is 20.7 Å². The van der Waals surface area contributed by atoms with E-state index in [4.69, 9.17) is 15.5 Å². The van der Waals surface area contributed by atoms with Gasteiger partial charge in [-0.25, -0.2) is 4.98 Å². The maximum atomic E-state index is 12.8. The summed E-state index contributed by atoms with van der Waals surface area (Å²) in [6, 6.07) is 16.9. The largest absolute Gasteiger partial charge is 0.486 e. The molecule has 10 heteroatoms. The summed E-state index contributed by atoms with van der Waals surface area (Å²) in [5, 5.41) is 14.0. The van der Waals surface area contributed by atoms with Crippen molar-refractivity contribution < 1.29 is 19.4 Å². The van der Waals surface area contributed by atoms with Gasteiger partial charge in [-0.2, -0.15) is 4.98 Å². The van der Waals surface area contributed by atoms with Crippen LogP contribution in [0.4, 0.5) is 11.8 Å². The highest BCUT2D eigenvalue weighted by molar-refractivity contribution is 5.99. The molecule has 2 aliphatic rings. The van der Waals surface area contributed by atoms with E-state index >= 15 is 0 Å². The average molecular weight is 565 g/mol. The molecule has 214 valence electrons. The summed E-state index contributed by atoms with van der Waals surface area (Å²) in [5.74, 6) is 0.477. The summed E-state index contributed by atoms with van der Waals surface area (Å²) in [5.41, 5.74) is 9.23. The molecule has 2 aliphatic heterocycles. The standard InChI is InChI=1S/C32H32N6O4/c1-21-18-22(2)37(15-9-8-12-24(21)28(33)39)32-35-20-27(29(36-32)34-19-23-10-4-3-5-11-23)42-17-16-38-30(40)25-13-6-7-14-26(25)31(38)41/h3-14,18,20,30,40H,1,15-17,19H2,2H3,(H2,33,39)(H,34,35,36)/b9-8-,22-18-,24-12+/t30-/m1/s1. The summed E-state index contributed by atoms with van der Waals surface area (Å²) in [4.78, 5) is 37.3. The molecule has 10 nitrogen and oxygen atoms in total. The van der Waals surface area contributed by atoms with Crippen LogP contribution in [0.5, 0.6) is 5.75 Å². The minimum atomic E-state index is -1.02. The first kappa shape index (κ1) is 28.3. The number of hydrogen-bond acceptors (Lipinski definition) is 8. The quantitative estimate of drug-likeness (QED) is 0.357. The highest BCUT2D eigenvalue weighted by Crippen LogP contribution is 2.32. The van der Waals surface area contributed by atoms with Gasteiger partial charge < -0.3 is 30.7 Å². The molecule has 0 aliphatic carbocycles. The maximum Gasteiger partial charge on any atom is 0.256 e. The third-order valence-electron chi connectivity index (χ3n) is 7.01. The number of aliphatic hydroxyl groups is 1. The van der Waals surface area contributed by atoms with E-state index in [0.717, 1.165) is 11.3 Å². The summed E-state index contributed by atoms with van der Waals surface area (Å²) in [7, 11) is 0. The topological polar surface area (TPSA) is 134 Å². The van der Waals surface area contributed by atoms with Crippen LogP contribution in [0.25, 0.3) is 0 Å². The number of carbonyl (C=O) groups is 2. The molecular weight excluding hydrogens is 532 g/mol. The summed E-state index contributed by atoms with van der Waals surface area (Å²) >= 11 is 0. The number of amides is 2. The van der Waals surface area contributed by atoms with Crippen LogP contribution in [-0.4, -0.2) is 51.5 Å². The Balaban J connectivity index is 1.37. The fraction of sp³-hybridized carbons (Fsp3) is 0.188. The molecule has 0 saturated carbocycles. The van der Waals surface area contributed by atoms with Gasteiger partial charge in [0.1, 0.15) is 6.61 Å². The van der Waals surface area contributed by atoms with Gasteiger partial charge in [0.05, 0.1) is 12.7 Å². The Hall–Kier alpha value is -5.22. The second kappa shape index (κ2) is 12.5. The number of ether oxygens (including phenoxy) is 1. The van der Waals surface area contributed by atoms with Crippen LogP contribution in [0.3, 0.4) is 0 Å². The Morgan fingerprint density at radius 2 is 1.95 bits per heavy atom. The van der Waals surface area contributed by atoms with Gasteiger partial charge in [0.15, 0.2) is 17.8 Å². The third-order valence-corrected chi connectivity index (χ3v) is 7.01. The Morgan fingerprint density at radius 3 is 2.71 bits per heavy atom. The lowest BCUT2D eigenvalue weighted by Crippen LogP contribution is -2.32. The number of nitrogens with one attached hydrogen (secondary N) is 1. The number of nitrogens with two attached hydrogens (primary N) is 1. The number of fused-ring (bicyclic) bond motifs is 1. The van der Waals surface area contributed by atoms with Crippen molar-refractivity contribution in [2.75, 3.05) is 29.9 Å². The minimum absolute atomic E-state index is 0.117. The van der Waals surface area contributed by atoms with Crippen LogP contribution >= 0.6 is 0 Å².